The van der Waals surface area contributed by atoms with E-state index in [1.165, 1.54) is 0 Å². The topological polar surface area (TPSA) is 17.1 Å². The van der Waals surface area contributed by atoms with Gasteiger partial charge in [-0.25, -0.2) is 0 Å². The van der Waals surface area contributed by atoms with Gasteiger partial charge < -0.3 is 0 Å². The zero-order chi connectivity index (χ0) is 14.7. The highest BCUT2D eigenvalue weighted by atomic mass is 35.5. The van der Waals surface area contributed by atoms with Crippen molar-refractivity contribution in [3.63, 3.8) is 0 Å². The van der Waals surface area contributed by atoms with Crippen LogP contribution in [0.15, 0.2) is 52.9 Å². The molecule has 1 aromatic carbocycles. The third-order valence-electron chi connectivity index (χ3n) is 3.55. The summed E-state index contributed by atoms with van der Waals surface area (Å²) in [6, 6.07) is 11.6. The summed E-state index contributed by atoms with van der Waals surface area (Å²) in [7, 11) is 0. The Labute approximate surface area is 133 Å². The molecule has 2 aromatic rings. The quantitative estimate of drug-likeness (QED) is 0.657. The first-order chi connectivity index (χ1) is 10.2. The Morgan fingerprint density at radius 1 is 1.00 bits per heavy atom. The molecule has 0 unspecified atom stereocenters. The van der Waals surface area contributed by atoms with Crippen LogP contribution in [-0.2, 0) is 4.79 Å². The summed E-state index contributed by atoms with van der Waals surface area (Å²) in [5.41, 5.74) is 2.84. The molecule has 1 aliphatic carbocycles. The molecule has 0 aliphatic heterocycles. The zero-order valence-corrected chi connectivity index (χ0v) is 13.1. The summed E-state index contributed by atoms with van der Waals surface area (Å²) in [6.07, 6.45) is 6.77. The van der Waals surface area contributed by atoms with E-state index in [2.05, 4.69) is 0 Å². The monoisotopic (exact) mass is 314 g/mol. The Balaban J connectivity index is 1.86. The predicted molar refractivity (Wildman–Crippen MR) is 90.6 cm³/mol. The maximum Gasteiger partial charge on any atom is 0.185 e. The van der Waals surface area contributed by atoms with E-state index in [-0.39, 0.29) is 5.78 Å². The highest BCUT2D eigenvalue weighted by Gasteiger charge is 2.20. The lowest BCUT2D eigenvalue weighted by molar-refractivity contribution is -0.112. The molecular weight excluding hydrogens is 300 g/mol. The first-order valence-electron chi connectivity index (χ1n) is 6.97. The lowest BCUT2D eigenvalue weighted by Gasteiger charge is -2.16. The number of hydrogen-bond donors (Lipinski definition) is 0. The van der Waals surface area contributed by atoms with Crippen molar-refractivity contribution in [2.45, 2.75) is 19.3 Å². The molecule has 1 heterocycles. The van der Waals surface area contributed by atoms with E-state index >= 15 is 0 Å². The van der Waals surface area contributed by atoms with E-state index in [9.17, 15) is 4.79 Å². The summed E-state index contributed by atoms with van der Waals surface area (Å²) in [4.78, 5) is 13.7. The number of benzene rings is 1. The maximum absolute atomic E-state index is 12.6. The van der Waals surface area contributed by atoms with Gasteiger partial charge in [0.2, 0.25) is 0 Å². The standard InChI is InChI=1S/C18H15ClOS/c19-16-8-6-13(7-9-16)11-14-3-1-4-15(18(14)20)12-17-5-2-10-21-17/h2,5-12H,1,3-4H2/b14-11-,15-12+. The third kappa shape index (κ3) is 3.52. The fourth-order valence-electron chi connectivity index (χ4n) is 2.48. The van der Waals surface area contributed by atoms with Crippen LogP contribution in [0.1, 0.15) is 29.7 Å². The van der Waals surface area contributed by atoms with Crippen LogP contribution in [0.5, 0.6) is 0 Å². The number of ketones is 1. The second kappa shape index (κ2) is 6.42. The molecule has 21 heavy (non-hydrogen) atoms. The minimum Gasteiger partial charge on any atom is -0.289 e. The van der Waals surface area contributed by atoms with E-state index in [0.29, 0.717) is 5.02 Å². The average molecular weight is 315 g/mol. The lowest BCUT2D eigenvalue weighted by atomic mass is 9.87. The molecule has 1 saturated carbocycles. The van der Waals surface area contributed by atoms with Crippen molar-refractivity contribution in [3.05, 3.63) is 68.4 Å². The van der Waals surface area contributed by atoms with Crippen molar-refractivity contribution < 1.29 is 4.79 Å². The van der Waals surface area contributed by atoms with Gasteiger partial charge in [-0.3, -0.25) is 4.79 Å². The minimum absolute atomic E-state index is 0.185. The van der Waals surface area contributed by atoms with Gasteiger partial charge in [-0.1, -0.05) is 29.8 Å². The summed E-state index contributed by atoms with van der Waals surface area (Å²) in [5, 5.41) is 2.75. The number of carbonyl (C=O) groups is 1. The molecule has 0 atom stereocenters. The number of carbonyl (C=O) groups excluding carboxylic acids is 1. The summed E-state index contributed by atoms with van der Waals surface area (Å²) < 4.78 is 0. The van der Waals surface area contributed by atoms with Crippen LogP contribution in [0, 0.1) is 0 Å². The Morgan fingerprint density at radius 3 is 2.38 bits per heavy atom. The largest absolute Gasteiger partial charge is 0.289 e. The van der Waals surface area contributed by atoms with Crippen LogP contribution >= 0.6 is 22.9 Å². The number of allylic oxidation sites excluding steroid dienone is 2. The molecule has 1 nitrogen and oxygen atoms in total. The Bertz CT molecular complexity index is 693. The average Bonchev–Trinajstić information content (AvgIpc) is 2.99. The molecule has 0 amide bonds. The molecular formula is C18H15ClOS. The molecule has 0 bridgehead atoms. The Morgan fingerprint density at radius 2 is 1.71 bits per heavy atom. The fourth-order valence-corrected chi connectivity index (χ4v) is 3.29. The number of rotatable bonds is 2. The number of thiophene rings is 1. The van der Waals surface area contributed by atoms with Crippen LogP contribution in [-0.4, -0.2) is 5.78 Å². The predicted octanol–water partition coefficient (Wildman–Crippen LogP) is 5.62. The molecule has 106 valence electrons. The molecule has 1 aromatic heterocycles. The van der Waals surface area contributed by atoms with Crippen molar-refractivity contribution in [2.24, 2.45) is 0 Å². The highest BCUT2D eigenvalue weighted by Crippen LogP contribution is 2.29. The maximum atomic E-state index is 12.6. The van der Waals surface area contributed by atoms with E-state index in [0.717, 1.165) is 40.8 Å². The fraction of sp³-hybridized carbons (Fsp3) is 0.167. The number of hydrogen-bond acceptors (Lipinski definition) is 2. The third-order valence-corrected chi connectivity index (χ3v) is 4.62. The molecule has 1 aliphatic rings. The van der Waals surface area contributed by atoms with Crippen LogP contribution in [0.3, 0.4) is 0 Å². The van der Waals surface area contributed by atoms with E-state index < -0.39 is 0 Å². The second-order valence-electron chi connectivity index (χ2n) is 5.09. The molecule has 0 N–H and O–H groups in total. The molecule has 0 spiro atoms. The van der Waals surface area contributed by atoms with Gasteiger partial charge in [-0.05, 0) is 60.6 Å². The smallest absolute Gasteiger partial charge is 0.185 e. The van der Waals surface area contributed by atoms with Gasteiger partial charge in [0, 0.05) is 21.0 Å². The SMILES string of the molecule is O=C1/C(=C\c2ccc(Cl)cc2)CCC/C1=C\c1cccs1. The van der Waals surface area contributed by atoms with Crippen LogP contribution in [0.2, 0.25) is 5.02 Å². The van der Waals surface area contributed by atoms with Gasteiger partial charge in [-0.2, -0.15) is 0 Å². The Kier molecular flexibility index (Phi) is 4.37. The van der Waals surface area contributed by atoms with Crippen LogP contribution in [0.25, 0.3) is 12.2 Å². The van der Waals surface area contributed by atoms with E-state index in [1.54, 1.807) is 11.3 Å². The van der Waals surface area contributed by atoms with E-state index in [4.69, 9.17) is 11.6 Å². The highest BCUT2D eigenvalue weighted by molar-refractivity contribution is 7.10. The van der Waals surface area contributed by atoms with Gasteiger partial charge >= 0.3 is 0 Å². The van der Waals surface area contributed by atoms with Gasteiger partial charge in [0.15, 0.2) is 5.78 Å². The number of Topliss-reactive ketones (excluding diaryl/α,β-unsaturated/α-hetero) is 1. The number of halogens is 1. The molecule has 3 heteroatoms. The summed E-state index contributed by atoms with van der Waals surface area (Å²) >= 11 is 7.55. The van der Waals surface area contributed by atoms with Gasteiger partial charge in [0.05, 0.1) is 0 Å². The molecule has 3 rings (SSSR count). The van der Waals surface area contributed by atoms with Gasteiger partial charge in [0.25, 0.3) is 0 Å². The molecule has 1 fully saturated rings. The van der Waals surface area contributed by atoms with Crippen molar-refractivity contribution in [2.75, 3.05) is 0 Å². The van der Waals surface area contributed by atoms with E-state index in [1.807, 2.05) is 53.9 Å². The van der Waals surface area contributed by atoms with Gasteiger partial charge in [-0.15, -0.1) is 11.3 Å². The molecule has 0 saturated heterocycles. The Hall–Kier alpha value is -1.64. The first-order valence-corrected chi connectivity index (χ1v) is 8.23. The van der Waals surface area contributed by atoms with Crippen molar-refractivity contribution in [1.29, 1.82) is 0 Å². The zero-order valence-electron chi connectivity index (χ0n) is 11.5. The second-order valence-corrected chi connectivity index (χ2v) is 6.50. The van der Waals surface area contributed by atoms with Crippen LogP contribution < -0.4 is 0 Å². The summed E-state index contributed by atoms with van der Waals surface area (Å²) in [5.74, 6) is 0.185. The first kappa shape index (κ1) is 14.3. The minimum atomic E-state index is 0.185. The van der Waals surface area contributed by atoms with Crippen molar-refractivity contribution in [3.8, 4) is 0 Å². The lowest BCUT2D eigenvalue weighted by Crippen LogP contribution is -2.12. The summed E-state index contributed by atoms with van der Waals surface area (Å²) in [6.45, 7) is 0. The van der Waals surface area contributed by atoms with Gasteiger partial charge in [0.1, 0.15) is 0 Å². The van der Waals surface area contributed by atoms with Crippen molar-refractivity contribution >= 4 is 40.9 Å². The van der Waals surface area contributed by atoms with Crippen molar-refractivity contribution in [1.82, 2.24) is 0 Å². The normalized spacial score (nSPS) is 19.4. The molecule has 0 radical (unpaired) electrons. The van der Waals surface area contributed by atoms with Crippen LogP contribution in [0.4, 0.5) is 0 Å².